The van der Waals surface area contributed by atoms with Crippen LogP contribution in [0.2, 0.25) is 0 Å². The van der Waals surface area contributed by atoms with E-state index in [1.165, 1.54) is 19.4 Å². The minimum Gasteiger partial charge on any atom is -0.464 e. The molecular weight excluding hydrogens is 366 g/mol. The molecule has 25 heavy (non-hydrogen) atoms. The van der Waals surface area contributed by atoms with Crippen LogP contribution in [0.5, 0.6) is 0 Å². The van der Waals surface area contributed by atoms with Crippen LogP contribution in [0.3, 0.4) is 0 Å². The highest BCUT2D eigenvalue weighted by molar-refractivity contribution is 7.89. The zero-order chi connectivity index (χ0) is 17.6. The molecule has 0 saturated heterocycles. The predicted molar refractivity (Wildman–Crippen MR) is 98.7 cm³/mol. The molecule has 0 unspecified atom stereocenters. The predicted octanol–water partition coefficient (Wildman–Crippen LogP) is 1.72. The molecule has 0 fully saturated rings. The molecule has 0 atom stereocenters. The quantitative estimate of drug-likeness (QED) is 0.528. The van der Waals surface area contributed by atoms with E-state index >= 15 is 0 Å². The largest absolute Gasteiger partial charge is 0.464 e. The molecule has 0 aliphatic heterocycles. The van der Waals surface area contributed by atoms with Crippen LogP contribution in [-0.4, -0.2) is 46.1 Å². The van der Waals surface area contributed by atoms with E-state index in [4.69, 9.17) is 4.74 Å². The van der Waals surface area contributed by atoms with Crippen LogP contribution >= 0.6 is 12.4 Å². The number of benzene rings is 1. The van der Waals surface area contributed by atoms with Gasteiger partial charge in [0.2, 0.25) is 10.0 Å². The molecule has 1 heterocycles. The van der Waals surface area contributed by atoms with Crippen LogP contribution in [0.25, 0.3) is 10.8 Å². The third-order valence-corrected chi connectivity index (χ3v) is 4.97. The molecule has 0 bridgehead atoms. The van der Waals surface area contributed by atoms with Crippen LogP contribution in [0.4, 0.5) is 0 Å². The monoisotopic (exact) mass is 387 g/mol. The molecule has 0 spiro atoms. The van der Waals surface area contributed by atoms with Crippen molar-refractivity contribution < 1.29 is 17.9 Å². The molecule has 0 amide bonds. The molecule has 138 valence electrons. The fraction of sp³-hybridized carbons (Fsp3) is 0.375. The number of pyridine rings is 1. The van der Waals surface area contributed by atoms with Crippen molar-refractivity contribution >= 4 is 39.2 Å². The van der Waals surface area contributed by atoms with E-state index in [1.54, 1.807) is 18.2 Å². The summed E-state index contributed by atoms with van der Waals surface area (Å²) in [5.74, 6) is -0.605. The Balaban J connectivity index is 0.00000312. The normalized spacial score (nSPS) is 11.1. The second kappa shape index (κ2) is 9.67. The molecule has 9 heteroatoms. The van der Waals surface area contributed by atoms with Gasteiger partial charge in [-0.15, -0.1) is 12.4 Å². The van der Waals surface area contributed by atoms with Gasteiger partial charge in [-0.1, -0.05) is 19.1 Å². The van der Waals surface area contributed by atoms with Gasteiger partial charge in [0.05, 0.1) is 12.0 Å². The Labute approximate surface area is 153 Å². The molecule has 2 N–H and O–H groups in total. The van der Waals surface area contributed by atoms with Crippen LogP contribution in [-0.2, 0) is 14.8 Å². The Kier molecular flexibility index (Phi) is 8.24. The molecular formula is C16H22ClN3O4S. The molecule has 2 aromatic rings. The minimum atomic E-state index is -3.69. The number of nitrogens with one attached hydrogen (secondary N) is 2. The summed E-state index contributed by atoms with van der Waals surface area (Å²) in [5.41, 5.74) is 0.0941. The third-order valence-electron chi connectivity index (χ3n) is 3.45. The van der Waals surface area contributed by atoms with E-state index in [9.17, 15) is 13.2 Å². The van der Waals surface area contributed by atoms with Crippen LogP contribution in [0, 0.1) is 0 Å². The molecule has 7 nitrogen and oxygen atoms in total. The Bertz CT molecular complexity index is 827. The maximum absolute atomic E-state index is 12.6. The van der Waals surface area contributed by atoms with Gasteiger partial charge in [-0.05, 0) is 25.1 Å². The average molecular weight is 388 g/mol. The first-order valence-electron chi connectivity index (χ1n) is 7.67. The van der Waals surface area contributed by atoms with Gasteiger partial charge >= 0.3 is 5.97 Å². The van der Waals surface area contributed by atoms with Gasteiger partial charge in [-0.2, -0.15) is 0 Å². The lowest BCUT2D eigenvalue weighted by Gasteiger charge is -2.11. The number of aromatic nitrogens is 1. The van der Waals surface area contributed by atoms with Crippen molar-refractivity contribution in [3.63, 3.8) is 0 Å². The van der Waals surface area contributed by atoms with Crippen molar-refractivity contribution in [2.45, 2.75) is 18.2 Å². The first kappa shape index (κ1) is 21.3. The van der Waals surface area contributed by atoms with Gasteiger partial charge in [-0.25, -0.2) is 22.9 Å². The third kappa shape index (κ3) is 5.12. The summed E-state index contributed by atoms with van der Waals surface area (Å²) >= 11 is 0. The number of carbonyl (C=O) groups excluding carboxylic acids is 1. The SMILES string of the molecule is CCCNCCNS(=O)(=O)c1cccc2c(C(=O)OC)nccc12.Cl. The van der Waals surface area contributed by atoms with Gasteiger partial charge in [0.1, 0.15) is 0 Å². The number of carbonyl (C=O) groups is 1. The first-order chi connectivity index (χ1) is 11.5. The Morgan fingerprint density at radius 1 is 1.16 bits per heavy atom. The molecule has 0 aliphatic rings. The van der Waals surface area contributed by atoms with Crippen molar-refractivity contribution in [3.8, 4) is 0 Å². The molecule has 2 rings (SSSR count). The van der Waals surface area contributed by atoms with Crippen molar-refractivity contribution in [3.05, 3.63) is 36.2 Å². The minimum absolute atomic E-state index is 0. The fourth-order valence-corrected chi connectivity index (χ4v) is 3.58. The number of hydrogen-bond acceptors (Lipinski definition) is 6. The Morgan fingerprint density at radius 3 is 2.60 bits per heavy atom. The van der Waals surface area contributed by atoms with Crippen molar-refractivity contribution in [2.75, 3.05) is 26.7 Å². The summed E-state index contributed by atoms with van der Waals surface area (Å²) in [4.78, 5) is 15.9. The molecule has 1 aromatic carbocycles. The number of fused-ring (bicyclic) bond motifs is 1. The van der Waals surface area contributed by atoms with E-state index in [0.29, 0.717) is 17.3 Å². The highest BCUT2D eigenvalue weighted by Crippen LogP contribution is 2.24. The summed E-state index contributed by atoms with van der Waals surface area (Å²) in [7, 11) is -2.43. The summed E-state index contributed by atoms with van der Waals surface area (Å²) < 4.78 is 32.4. The maximum Gasteiger partial charge on any atom is 0.357 e. The zero-order valence-electron chi connectivity index (χ0n) is 14.1. The standard InChI is InChI=1S/C16H21N3O4S.ClH/c1-3-8-17-10-11-19-24(21,22)14-6-4-5-13-12(14)7-9-18-15(13)16(20)23-2;/h4-7,9,17,19H,3,8,10-11H2,1-2H3;1H. The number of hydrogen-bond donors (Lipinski definition) is 2. The Morgan fingerprint density at radius 2 is 1.92 bits per heavy atom. The lowest BCUT2D eigenvalue weighted by atomic mass is 10.1. The highest BCUT2D eigenvalue weighted by atomic mass is 35.5. The summed E-state index contributed by atoms with van der Waals surface area (Å²) in [6.07, 6.45) is 2.38. The van der Waals surface area contributed by atoms with Gasteiger partial charge in [0.15, 0.2) is 5.69 Å². The second-order valence-corrected chi connectivity index (χ2v) is 6.89. The number of methoxy groups -OCH3 is 1. The summed E-state index contributed by atoms with van der Waals surface area (Å²) in [6.45, 7) is 3.71. The molecule has 0 saturated carbocycles. The topological polar surface area (TPSA) is 97.4 Å². The van der Waals surface area contributed by atoms with E-state index in [0.717, 1.165) is 13.0 Å². The van der Waals surface area contributed by atoms with Gasteiger partial charge in [0, 0.05) is 30.1 Å². The molecule has 1 aromatic heterocycles. The van der Waals surface area contributed by atoms with E-state index < -0.39 is 16.0 Å². The second-order valence-electron chi connectivity index (χ2n) is 5.15. The number of halogens is 1. The zero-order valence-corrected chi connectivity index (χ0v) is 15.7. The Hall–Kier alpha value is -1.74. The smallest absolute Gasteiger partial charge is 0.357 e. The van der Waals surface area contributed by atoms with Gasteiger partial charge in [-0.3, -0.25) is 0 Å². The number of rotatable bonds is 8. The number of esters is 1. The number of nitrogens with zero attached hydrogens (tertiary/aromatic N) is 1. The highest BCUT2D eigenvalue weighted by Gasteiger charge is 2.20. The fourth-order valence-electron chi connectivity index (χ4n) is 2.33. The van der Waals surface area contributed by atoms with Gasteiger partial charge in [0.25, 0.3) is 0 Å². The van der Waals surface area contributed by atoms with Crippen molar-refractivity contribution in [1.82, 2.24) is 15.0 Å². The van der Waals surface area contributed by atoms with Crippen LogP contribution in [0.15, 0.2) is 35.4 Å². The number of ether oxygens (including phenoxy) is 1. The lowest BCUT2D eigenvalue weighted by molar-refractivity contribution is 0.0596. The molecule has 0 aliphatic carbocycles. The van der Waals surface area contributed by atoms with Crippen LogP contribution < -0.4 is 10.0 Å². The average Bonchev–Trinajstić information content (AvgIpc) is 2.59. The van der Waals surface area contributed by atoms with Crippen molar-refractivity contribution in [1.29, 1.82) is 0 Å². The number of sulfonamides is 1. The first-order valence-corrected chi connectivity index (χ1v) is 9.16. The van der Waals surface area contributed by atoms with Crippen molar-refractivity contribution in [2.24, 2.45) is 0 Å². The summed E-state index contributed by atoms with van der Waals surface area (Å²) in [6, 6.07) is 6.31. The summed E-state index contributed by atoms with van der Waals surface area (Å²) in [5, 5.41) is 4.00. The van der Waals surface area contributed by atoms with Gasteiger partial charge < -0.3 is 10.1 Å². The van der Waals surface area contributed by atoms with E-state index in [2.05, 4.69) is 15.0 Å². The maximum atomic E-state index is 12.6. The van der Waals surface area contributed by atoms with Crippen LogP contribution in [0.1, 0.15) is 23.8 Å². The molecule has 0 radical (unpaired) electrons. The van der Waals surface area contributed by atoms with E-state index in [-0.39, 0.29) is 29.5 Å². The van der Waals surface area contributed by atoms with E-state index in [1.807, 2.05) is 6.92 Å². The lowest BCUT2D eigenvalue weighted by Crippen LogP contribution is -2.32.